The zero-order valence-corrected chi connectivity index (χ0v) is 11.3. The lowest BCUT2D eigenvalue weighted by molar-refractivity contribution is 0.0950. The third-order valence-corrected chi connectivity index (χ3v) is 3.75. The van der Waals surface area contributed by atoms with Crippen LogP contribution in [-0.4, -0.2) is 16.3 Å². The number of Topliss-reactive ketones (excluding diaryl/α,β-unsaturated/α-hetero) is 1. The van der Waals surface area contributed by atoms with Crippen LogP contribution in [0.15, 0.2) is 30.5 Å². The Labute approximate surface area is 121 Å². The SMILES string of the molecule is N#Cc1ccccc1-n1cc(C(N)=O)c2c1CCCC2=O. The summed E-state index contributed by atoms with van der Waals surface area (Å²) in [5.41, 5.74) is 7.97. The molecule has 2 N–H and O–H groups in total. The summed E-state index contributed by atoms with van der Waals surface area (Å²) in [6.45, 7) is 0. The molecule has 0 unspecified atom stereocenters. The summed E-state index contributed by atoms with van der Waals surface area (Å²) in [5, 5.41) is 9.23. The average molecular weight is 279 g/mol. The first-order valence-corrected chi connectivity index (χ1v) is 6.70. The van der Waals surface area contributed by atoms with E-state index in [1.165, 1.54) is 0 Å². The van der Waals surface area contributed by atoms with Gasteiger partial charge in [-0.2, -0.15) is 5.26 Å². The zero-order valence-electron chi connectivity index (χ0n) is 11.3. The van der Waals surface area contributed by atoms with Crippen LogP contribution < -0.4 is 5.73 Å². The Bertz CT molecular complexity index is 796. The Morgan fingerprint density at radius 3 is 2.76 bits per heavy atom. The van der Waals surface area contributed by atoms with Crippen molar-refractivity contribution in [2.24, 2.45) is 5.73 Å². The molecule has 5 heteroatoms. The molecule has 2 aromatic rings. The second-order valence-corrected chi connectivity index (χ2v) is 5.00. The largest absolute Gasteiger partial charge is 0.366 e. The average Bonchev–Trinajstić information content (AvgIpc) is 2.88. The van der Waals surface area contributed by atoms with Crippen LogP contribution in [0.5, 0.6) is 0 Å². The summed E-state index contributed by atoms with van der Waals surface area (Å²) >= 11 is 0. The van der Waals surface area contributed by atoms with Crippen molar-refractivity contribution < 1.29 is 9.59 Å². The Morgan fingerprint density at radius 1 is 1.29 bits per heavy atom. The molecule has 0 spiro atoms. The fourth-order valence-electron chi connectivity index (χ4n) is 2.83. The van der Waals surface area contributed by atoms with Crippen LogP contribution in [0.3, 0.4) is 0 Å². The van der Waals surface area contributed by atoms with E-state index in [2.05, 4.69) is 6.07 Å². The molecule has 1 aromatic carbocycles. The highest BCUT2D eigenvalue weighted by atomic mass is 16.1. The van der Waals surface area contributed by atoms with Gasteiger partial charge >= 0.3 is 0 Å². The number of nitrogens with zero attached hydrogens (tertiary/aromatic N) is 2. The monoisotopic (exact) mass is 279 g/mol. The molecule has 0 aliphatic heterocycles. The molecule has 1 aliphatic rings. The third kappa shape index (κ3) is 2.01. The van der Waals surface area contributed by atoms with Crippen molar-refractivity contribution in [3.63, 3.8) is 0 Å². The van der Waals surface area contributed by atoms with Crippen LogP contribution in [0.2, 0.25) is 0 Å². The number of carbonyl (C=O) groups is 2. The van der Waals surface area contributed by atoms with Crippen LogP contribution in [-0.2, 0) is 6.42 Å². The first kappa shape index (κ1) is 13.1. The predicted molar refractivity (Wildman–Crippen MR) is 76.3 cm³/mol. The molecule has 0 bridgehead atoms. The summed E-state index contributed by atoms with van der Waals surface area (Å²) in [5.74, 6) is -0.673. The van der Waals surface area contributed by atoms with Crippen molar-refractivity contribution in [2.75, 3.05) is 0 Å². The molecular weight excluding hydrogens is 266 g/mol. The van der Waals surface area contributed by atoms with Gasteiger partial charge in [-0.15, -0.1) is 0 Å². The fourth-order valence-corrected chi connectivity index (χ4v) is 2.83. The highest BCUT2D eigenvalue weighted by Gasteiger charge is 2.28. The van der Waals surface area contributed by atoms with Crippen molar-refractivity contribution in [1.29, 1.82) is 5.26 Å². The second-order valence-electron chi connectivity index (χ2n) is 5.00. The molecular formula is C16H13N3O2. The highest BCUT2D eigenvalue weighted by Crippen LogP contribution is 2.29. The fraction of sp³-hybridized carbons (Fsp3) is 0.188. The molecule has 1 aliphatic carbocycles. The number of hydrogen-bond donors (Lipinski definition) is 1. The number of fused-ring (bicyclic) bond motifs is 1. The van der Waals surface area contributed by atoms with E-state index in [-0.39, 0.29) is 11.3 Å². The minimum Gasteiger partial charge on any atom is -0.366 e. The molecule has 0 atom stereocenters. The number of ketones is 1. The number of rotatable bonds is 2. The minimum absolute atomic E-state index is 0.0572. The van der Waals surface area contributed by atoms with Crippen molar-refractivity contribution in [2.45, 2.75) is 19.3 Å². The van der Waals surface area contributed by atoms with Crippen LogP contribution in [0.25, 0.3) is 5.69 Å². The third-order valence-electron chi connectivity index (χ3n) is 3.75. The van der Waals surface area contributed by atoms with E-state index >= 15 is 0 Å². The topological polar surface area (TPSA) is 88.9 Å². The lowest BCUT2D eigenvalue weighted by Crippen LogP contribution is -2.18. The van der Waals surface area contributed by atoms with Gasteiger partial charge in [-0.3, -0.25) is 9.59 Å². The molecule has 0 saturated heterocycles. The van der Waals surface area contributed by atoms with Crippen molar-refractivity contribution >= 4 is 11.7 Å². The molecule has 5 nitrogen and oxygen atoms in total. The van der Waals surface area contributed by atoms with Gasteiger partial charge in [0.1, 0.15) is 6.07 Å². The number of nitriles is 1. The molecule has 1 amide bonds. The van der Waals surface area contributed by atoms with Gasteiger partial charge in [-0.25, -0.2) is 0 Å². The normalized spacial score (nSPS) is 13.6. The highest BCUT2D eigenvalue weighted by molar-refractivity contribution is 6.09. The number of amides is 1. The smallest absolute Gasteiger partial charge is 0.251 e. The number of nitrogens with two attached hydrogens (primary N) is 1. The van der Waals surface area contributed by atoms with Crippen LogP contribution >= 0.6 is 0 Å². The number of carbonyl (C=O) groups excluding carboxylic acids is 2. The van der Waals surface area contributed by atoms with Gasteiger partial charge in [0.05, 0.1) is 22.4 Å². The predicted octanol–water partition coefficient (Wildman–Crippen LogP) is 1.97. The van der Waals surface area contributed by atoms with E-state index < -0.39 is 5.91 Å². The summed E-state index contributed by atoms with van der Waals surface area (Å²) in [6, 6.07) is 9.22. The summed E-state index contributed by atoms with van der Waals surface area (Å²) in [6.07, 6.45) is 3.43. The maximum Gasteiger partial charge on any atom is 0.251 e. The molecule has 0 saturated carbocycles. The summed E-state index contributed by atoms with van der Waals surface area (Å²) in [4.78, 5) is 23.7. The molecule has 21 heavy (non-hydrogen) atoms. The van der Waals surface area contributed by atoms with Gasteiger partial charge in [0.15, 0.2) is 5.78 Å². The molecule has 1 aromatic heterocycles. The molecule has 0 fully saturated rings. The lowest BCUT2D eigenvalue weighted by atomic mass is 9.93. The summed E-state index contributed by atoms with van der Waals surface area (Å²) < 4.78 is 1.76. The molecule has 0 radical (unpaired) electrons. The van der Waals surface area contributed by atoms with Crippen LogP contribution in [0.4, 0.5) is 0 Å². The molecule has 1 heterocycles. The minimum atomic E-state index is -0.616. The number of benzene rings is 1. The molecule has 3 rings (SSSR count). The Kier molecular flexibility index (Phi) is 3.07. The second kappa shape index (κ2) is 4.91. The first-order chi connectivity index (χ1) is 10.1. The number of primary amides is 1. The van der Waals surface area contributed by atoms with Crippen LogP contribution in [0, 0.1) is 11.3 Å². The molecule has 104 valence electrons. The van der Waals surface area contributed by atoms with Gasteiger partial charge in [0.25, 0.3) is 5.91 Å². The van der Waals surface area contributed by atoms with Crippen molar-refractivity contribution in [3.8, 4) is 11.8 Å². The van der Waals surface area contributed by atoms with E-state index in [0.717, 1.165) is 12.1 Å². The van der Waals surface area contributed by atoms with Gasteiger partial charge in [0, 0.05) is 18.3 Å². The zero-order chi connectivity index (χ0) is 15.0. The summed E-state index contributed by atoms with van der Waals surface area (Å²) in [7, 11) is 0. The number of para-hydroxylation sites is 1. The van der Waals surface area contributed by atoms with E-state index in [9.17, 15) is 14.9 Å². The van der Waals surface area contributed by atoms with Crippen LogP contribution in [0.1, 0.15) is 44.8 Å². The Morgan fingerprint density at radius 2 is 2.05 bits per heavy atom. The quantitative estimate of drug-likeness (QED) is 0.911. The first-order valence-electron chi connectivity index (χ1n) is 6.70. The van der Waals surface area contributed by atoms with Gasteiger partial charge < -0.3 is 10.3 Å². The van der Waals surface area contributed by atoms with Crippen molar-refractivity contribution in [3.05, 3.63) is 52.8 Å². The number of hydrogen-bond acceptors (Lipinski definition) is 3. The van der Waals surface area contributed by atoms with E-state index in [0.29, 0.717) is 29.7 Å². The van der Waals surface area contributed by atoms with E-state index in [1.54, 1.807) is 29.0 Å². The maximum atomic E-state index is 12.1. The Hall–Kier alpha value is -2.87. The maximum absolute atomic E-state index is 12.1. The van der Waals surface area contributed by atoms with E-state index in [4.69, 9.17) is 5.73 Å². The Balaban J connectivity index is 2.30. The standard InChI is InChI=1S/C16H13N3O2/c17-8-10-4-1-2-5-12(10)19-9-11(16(18)21)15-13(19)6-3-7-14(15)20/h1-2,4-5,9H,3,6-7H2,(H2,18,21). The van der Waals surface area contributed by atoms with Gasteiger partial charge in [-0.05, 0) is 25.0 Å². The van der Waals surface area contributed by atoms with Gasteiger partial charge in [-0.1, -0.05) is 12.1 Å². The van der Waals surface area contributed by atoms with Gasteiger partial charge in [0.2, 0.25) is 0 Å². The lowest BCUT2D eigenvalue weighted by Gasteiger charge is -2.15. The van der Waals surface area contributed by atoms with E-state index in [1.807, 2.05) is 6.07 Å². The number of aromatic nitrogens is 1. The van der Waals surface area contributed by atoms with Crippen molar-refractivity contribution in [1.82, 2.24) is 4.57 Å².